The fourth-order valence-corrected chi connectivity index (χ4v) is 2.30. The van der Waals surface area contributed by atoms with Crippen LogP contribution in [0.1, 0.15) is 47.5 Å². The van der Waals surface area contributed by atoms with Gasteiger partial charge in [-0.3, -0.25) is 9.69 Å². The molecule has 1 aliphatic rings. The molecule has 1 heterocycles. The Bertz CT molecular complexity index is 407. The molecule has 1 fully saturated rings. The molecule has 1 N–H and O–H groups in total. The van der Waals surface area contributed by atoms with E-state index in [2.05, 4.69) is 5.32 Å². The molecule has 0 bridgehead atoms. The van der Waals surface area contributed by atoms with E-state index in [1.165, 1.54) is 6.92 Å². The van der Waals surface area contributed by atoms with Crippen molar-refractivity contribution >= 4 is 35.1 Å². The van der Waals surface area contributed by atoms with Gasteiger partial charge < -0.3 is 10.1 Å². The highest BCUT2D eigenvalue weighted by Crippen LogP contribution is 2.41. The van der Waals surface area contributed by atoms with Crippen molar-refractivity contribution in [2.45, 2.75) is 63.1 Å². The fraction of sp³-hybridized carbons (Fsp3) is 0.846. The topological polar surface area (TPSA) is 58.6 Å². The number of rotatable bonds is 4. The summed E-state index contributed by atoms with van der Waals surface area (Å²) in [5, 5.41) is 2.61. The summed E-state index contributed by atoms with van der Waals surface area (Å²) in [6, 6.07) is -0.557. The lowest BCUT2D eigenvalue weighted by Gasteiger charge is -2.49. The van der Waals surface area contributed by atoms with Crippen LogP contribution < -0.4 is 5.32 Å². The van der Waals surface area contributed by atoms with Crippen LogP contribution in [0.25, 0.3) is 0 Å². The zero-order chi connectivity index (χ0) is 15.8. The van der Waals surface area contributed by atoms with Gasteiger partial charge in [0.25, 0.3) is 5.91 Å². The number of ether oxygens (including phenoxy) is 1. The van der Waals surface area contributed by atoms with Crippen molar-refractivity contribution < 1.29 is 14.3 Å². The second kappa shape index (κ2) is 5.70. The molecule has 0 saturated carbocycles. The summed E-state index contributed by atoms with van der Waals surface area (Å²) in [6.45, 7) is 9.07. The zero-order valence-electron chi connectivity index (χ0n) is 12.5. The second-order valence-corrected chi connectivity index (χ2v) is 7.38. The van der Waals surface area contributed by atoms with E-state index in [0.717, 1.165) is 17.7 Å². The first-order valence-corrected chi connectivity index (χ1v) is 7.41. The predicted molar refractivity (Wildman–Crippen MR) is 78.8 cm³/mol. The summed E-state index contributed by atoms with van der Waals surface area (Å²) in [4.78, 5) is 25.7. The van der Waals surface area contributed by atoms with Gasteiger partial charge >= 0.3 is 6.03 Å². The lowest BCUT2D eigenvalue weighted by molar-refractivity contribution is -0.149. The highest BCUT2D eigenvalue weighted by Gasteiger charge is 2.62. The predicted octanol–water partition coefficient (Wildman–Crippen LogP) is 3.04. The van der Waals surface area contributed by atoms with Gasteiger partial charge in [-0.15, -0.1) is 0 Å². The Hall–Kier alpha value is -0.520. The number of imide groups is 1. The van der Waals surface area contributed by atoms with Gasteiger partial charge in [-0.1, -0.05) is 36.5 Å². The maximum Gasteiger partial charge on any atom is 0.326 e. The first-order valence-electron chi connectivity index (χ1n) is 6.66. The van der Waals surface area contributed by atoms with E-state index in [4.69, 9.17) is 27.9 Å². The van der Waals surface area contributed by atoms with Crippen LogP contribution in [0.3, 0.4) is 0 Å². The number of hydrogen-bond donors (Lipinski definition) is 1. The molecular weight excluding hydrogens is 303 g/mol. The van der Waals surface area contributed by atoms with Gasteiger partial charge in [-0.2, -0.15) is 0 Å². The zero-order valence-corrected chi connectivity index (χ0v) is 14.1. The van der Waals surface area contributed by atoms with Crippen LogP contribution in [0.5, 0.6) is 0 Å². The van der Waals surface area contributed by atoms with Crippen molar-refractivity contribution in [1.29, 1.82) is 0 Å². The number of carbonyl (C=O) groups excluding carboxylic acids is 2. The lowest BCUT2D eigenvalue weighted by Crippen LogP contribution is -2.75. The minimum atomic E-state index is -1.87. The molecule has 1 rings (SSSR count). The summed E-state index contributed by atoms with van der Waals surface area (Å²) >= 11 is 12.4. The maximum atomic E-state index is 12.5. The van der Waals surface area contributed by atoms with Crippen molar-refractivity contribution in [3.05, 3.63) is 0 Å². The molecule has 0 aromatic rings. The van der Waals surface area contributed by atoms with Crippen molar-refractivity contribution in [2.24, 2.45) is 0 Å². The number of amides is 3. The standard InChI is InChI=1S/C13H22Cl2N2O3/c1-6-7-8-20-12(5)13(14,15)9(18)17(10(19)16-12)11(2,3)4/h6-8H2,1-5H3,(H,16,19)/t12-/m0/s1. The molecule has 5 nitrogen and oxygen atoms in total. The number of carbonyl (C=O) groups is 2. The molecular formula is C13H22Cl2N2O3. The van der Waals surface area contributed by atoms with Gasteiger partial charge in [-0.05, 0) is 34.1 Å². The van der Waals surface area contributed by atoms with Gasteiger partial charge in [-0.25, -0.2) is 4.79 Å². The molecule has 0 spiro atoms. The van der Waals surface area contributed by atoms with E-state index in [0.29, 0.717) is 6.61 Å². The largest absolute Gasteiger partial charge is 0.352 e. The van der Waals surface area contributed by atoms with Crippen LogP contribution in [0.15, 0.2) is 0 Å². The Labute approximate surface area is 129 Å². The average Bonchev–Trinajstić information content (AvgIpc) is 2.25. The Morgan fingerprint density at radius 1 is 1.30 bits per heavy atom. The quantitative estimate of drug-likeness (QED) is 0.638. The van der Waals surface area contributed by atoms with Gasteiger partial charge in [0.05, 0.1) is 0 Å². The molecule has 1 saturated heterocycles. The van der Waals surface area contributed by atoms with Crippen molar-refractivity contribution in [3.8, 4) is 0 Å². The molecule has 0 radical (unpaired) electrons. The van der Waals surface area contributed by atoms with Crippen LogP contribution in [-0.2, 0) is 9.53 Å². The van der Waals surface area contributed by atoms with E-state index in [-0.39, 0.29) is 0 Å². The number of urea groups is 1. The van der Waals surface area contributed by atoms with Gasteiger partial charge in [0, 0.05) is 12.1 Å². The highest BCUT2D eigenvalue weighted by molar-refractivity contribution is 6.60. The number of alkyl halides is 2. The number of nitrogens with zero attached hydrogens (tertiary/aromatic N) is 1. The fourth-order valence-electron chi connectivity index (χ4n) is 1.93. The van der Waals surface area contributed by atoms with Gasteiger partial charge in [0.15, 0.2) is 5.72 Å². The first-order chi connectivity index (χ1) is 8.97. The lowest BCUT2D eigenvalue weighted by atomic mass is 10.00. The van der Waals surface area contributed by atoms with Crippen LogP contribution in [0.2, 0.25) is 0 Å². The number of hydrogen-bond acceptors (Lipinski definition) is 3. The van der Waals surface area contributed by atoms with Gasteiger partial charge in [0.1, 0.15) is 0 Å². The van der Waals surface area contributed by atoms with Gasteiger partial charge in [0.2, 0.25) is 4.33 Å². The second-order valence-electron chi connectivity index (χ2n) is 6.05. The summed E-state index contributed by atoms with van der Waals surface area (Å²) in [5.74, 6) is -0.670. The third kappa shape index (κ3) is 3.05. The van der Waals surface area contributed by atoms with Crippen LogP contribution in [-0.4, -0.2) is 39.0 Å². The maximum absolute atomic E-state index is 12.5. The SMILES string of the molecule is CCCCO[C@]1(C)NC(=O)N(C(C)(C)C)C(=O)C1(Cl)Cl. The molecule has 3 amide bonds. The van der Waals surface area contributed by atoms with E-state index >= 15 is 0 Å². The molecule has 0 aromatic carbocycles. The molecule has 1 aliphatic heterocycles. The van der Waals surface area contributed by atoms with Crippen LogP contribution >= 0.6 is 23.2 Å². The molecule has 116 valence electrons. The molecule has 20 heavy (non-hydrogen) atoms. The molecule has 1 atom stereocenters. The smallest absolute Gasteiger partial charge is 0.326 e. The minimum absolute atomic E-state index is 0.358. The molecule has 0 aromatic heterocycles. The normalized spacial score (nSPS) is 26.6. The molecule has 0 aliphatic carbocycles. The van der Waals surface area contributed by atoms with E-state index in [1.54, 1.807) is 20.8 Å². The summed E-state index contributed by atoms with van der Waals surface area (Å²) in [5.41, 5.74) is -2.16. The number of unbranched alkanes of at least 4 members (excludes halogenated alkanes) is 1. The van der Waals surface area contributed by atoms with E-state index in [1.807, 2.05) is 6.92 Å². The third-order valence-corrected chi connectivity index (χ3v) is 4.22. The number of nitrogens with one attached hydrogen (secondary N) is 1. The molecule has 0 unspecified atom stereocenters. The van der Waals surface area contributed by atoms with Crippen molar-refractivity contribution in [2.75, 3.05) is 6.61 Å². The van der Waals surface area contributed by atoms with E-state index < -0.39 is 27.5 Å². The van der Waals surface area contributed by atoms with Crippen molar-refractivity contribution in [3.63, 3.8) is 0 Å². The van der Waals surface area contributed by atoms with Crippen molar-refractivity contribution in [1.82, 2.24) is 10.2 Å². The average molecular weight is 325 g/mol. The Kier molecular flexibility index (Phi) is 4.99. The number of halogens is 2. The summed E-state index contributed by atoms with van der Waals surface area (Å²) in [7, 11) is 0. The summed E-state index contributed by atoms with van der Waals surface area (Å²) < 4.78 is 3.71. The highest BCUT2D eigenvalue weighted by atomic mass is 35.5. The Morgan fingerprint density at radius 3 is 2.30 bits per heavy atom. The van der Waals surface area contributed by atoms with Crippen LogP contribution in [0, 0.1) is 0 Å². The third-order valence-electron chi connectivity index (χ3n) is 3.18. The van der Waals surface area contributed by atoms with E-state index in [9.17, 15) is 9.59 Å². The summed E-state index contributed by atoms with van der Waals surface area (Å²) in [6.07, 6.45) is 1.70. The Balaban J connectivity index is 3.05. The molecule has 7 heteroatoms. The first kappa shape index (κ1) is 17.5. The monoisotopic (exact) mass is 324 g/mol. The minimum Gasteiger partial charge on any atom is -0.352 e. The van der Waals surface area contributed by atoms with Crippen LogP contribution in [0.4, 0.5) is 4.79 Å². The Morgan fingerprint density at radius 2 is 1.85 bits per heavy atom.